The molecule has 0 unspecified atom stereocenters. The Morgan fingerprint density at radius 2 is 2.05 bits per heavy atom. The molecule has 1 aromatic carbocycles. The number of hydrogen-bond donors (Lipinski definition) is 1. The summed E-state index contributed by atoms with van der Waals surface area (Å²) in [6.07, 6.45) is 0.860. The van der Waals surface area contributed by atoms with E-state index in [0.29, 0.717) is 0 Å². The maximum Gasteiger partial charge on any atom is 0.292 e. The van der Waals surface area contributed by atoms with Crippen LogP contribution in [0.1, 0.15) is 10.4 Å². The van der Waals surface area contributed by atoms with Gasteiger partial charge in [0.25, 0.3) is 15.8 Å². The van der Waals surface area contributed by atoms with Gasteiger partial charge in [-0.15, -0.1) is 0 Å². The van der Waals surface area contributed by atoms with Crippen LogP contribution in [-0.4, -0.2) is 38.7 Å². The molecule has 0 saturated carbocycles. The molecule has 0 aliphatic rings. The summed E-state index contributed by atoms with van der Waals surface area (Å²) in [7, 11) is -3.63. The van der Waals surface area contributed by atoms with E-state index in [-0.39, 0.29) is 29.5 Å². The molecule has 11 heteroatoms. The van der Waals surface area contributed by atoms with Crippen molar-refractivity contribution < 1.29 is 27.1 Å². The first-order valence-corrected chi connectivity index (χ1v) is 7.56. The molecule has 1 amide bonds. The largest absolute Gasteiger partial charge is 0.489 e. The molecule has 0 saturated heterocycles. The molecule has 0 aliphatic carbocycles. The number of nitrogens with two attached hydrogens (primary N) is 1. The van der Waals surface area contributed by atoms with Crippen LogP contribution in [0.2, 0.25) is 5.02 Å². The van der Waals surface area contributed by atoms with E-state index < -0.39 is 26.6 Å². The molecule has 1 rings (SSSR count). The Hall–Kier alpha value is -1.91. The second-order valence-corrected chi connectivity index (χ2v) is 5.83. The number of nitro groups is 1. The van der Waals surface area contributed by atoms with Crippen molar-refractivity contribution in [3.63, 3.8) is 0 Å². The fourth-order valence-corrected chi connectivity index (χ4v) is 1.90. The first kappa shape index (κ1) is 17.1. The highest BCUT2D eigenvalue weighted by molar-refractivity contribution is 7.85. The smallest absolute Gasteiger partial charge is 0.292 e. The van der Waals surface area contributed by atoms with E-state index in [1.807, 2.05) is 0 Å². The predicted octanol–water partition coefficient (Wildman–Crippen LogP) is 0.702. The fourth-order valence-electron chi connectivity index (χ4n) is 1.30. The second-order valence-electron chi connectivity index (χ2n) is 3.80. The number of nitro benzene ring substituents is 1. The Labute approximate surface area is 124 Å². The van der Waals surface area contributed by atoms with E-state index in [9.17, 15) is 23.3 Å². The maximum atomic E-state index is 11.1. The predicted molar refractivity (Wildman–Crippen MR) is 72.9 cm³/mol. The van der Waals surface area contributed by atoms with Crippen LogP contribution in [-0.2, 0) is 14.3 Å². The molecule has 0 atom stereocenters. The van der Waals surface area contributed by atoms with Crippen molar-refractivity contribution in [2.45, 2.75) is 0 Å². The van der Waals surface area contributed by atoms with Gasteiger partial charge in [-0.25, -0.2) is 0 Å². The van der Waals surface area contributed by atoms with Crippen molar-refractivity contribution in [1.29, 1.82) is 0 Å². The van der Waals surface area contributed by atoms with Crippen LogP contribution in [0.4, 0.5) is 5.69 Å². The summed E-state index contributed by atoms with van der Waals surface area (Å²) in [5.74, 6) is -1.07. The first-order chi connectivity index (χ1) is 9.61. The number of carbonyl (C=O) groups is 1. The molecule has 0 fully saturated rings. The highest BCUT2D eigenvalue weighted by Gasteiger charge is 2.21. The fraction of sp³-hybridized carbons (Fsp3) is 0.300. The summed E-state index contributed by atoms with van der Waals surface area (Å²) < 4.78 is 31.0. The lowest BCUT2D eigenvalue weighted by molar-refractivity contribution is -0.384. The number of halogens is 1. The third-order valence-electron chi connectivity index (χ3n) is 2.14. The summed E-state index contributed by atoms with van der Waals surface area (Å²) in [5, 5.41) is 10.5. The van der Waals surface area contributed by atoms with Gasteiger partial charge in [0.15, 0.2) is 5.02 Å². The van der Waals surface area contributed by atoms with Crippen LogP contribution in [0, 0.1) is 10.1 Å². The van der Waals surface area contributed by atoms with Crippen molar-refractivity contribution in [3.8, 4) is 5.75 Å². The SMILES string of the molecule is CS(=O)(=O)OCCOc1cc(C(N)=O)cc([N+](=O)[O-])c1Cl. The Bertz CT molecular complexity index is 674. The van der Waals surface area contributed by atoms with Crippen molar-refractivity contribution >= 4 is 33.3 Å². The third-order valence-corrected chi connectivity index (χ3v) is 3.11. The van der Waals surface area contributed by atoms with Gasteiger partial charge < -0.3 is 10.5 Å². The highest BCUT2D eigenvalue weighted by atomic mass is 35.5. The van der Waals surface area contributed by atoms with Gasteiger partial charge in [-0.3, -0.25) is 19.1 Å². The van der Waals surface area contributed by atoms with Crippen LogP contribution in [0.25, 0.3) is 0 Å². The van der Waals surface area contributed by atoms with Crippen molar-refractivity contribution in [2.75, 3.05) is 19.5 Å². The molecule has 116 valence electrons. The van der Waals surface area contributed by atoms with Gasteiger partial charge in [-0.05, 0) is 6.07 Å². The van der Waals surface area contributed by atoms with Crippen LogP contribution in [0.15, 0.2) is 12.1 Å². The molecule has 0 aromatic heterocycles. The summed E-state index contributed by atoms with van der Waals surface area (Å²) in [4.78, 5) is 21.1. The highest BCUT2D eigenvalue weighted by Crippen LogP contribution is 2.35. The topological polar surface area (TPSA) is 139 Å². The summed E-state index contributed by atoms with van der Waals surface area (Å²) in [5.41, 5.74) is 4.34. The Balaban J connectivity index is 2.95. The van der Waals surface area contributed by atoms with Crippen LogP contribution < -0.4 is 10.5 Å². The lowest BCUT2D eigenvalue weighted by Gasteiger charge is -2.09. The number of hydrogen-bond acceptors (Lipinski definition) is 7. The molecule has 0 radical (unpaired) electrons. The van der Waals surface area contributed by atoms with Crippen LogP contribution in [0.5, 0.6) is 5.75 Å². The van der Waals surface area contributed by atoms with Crippen molar-refractivity contribution in [3.05, 3.63) is 32.8 Å². The van der Waals surface area contributed by atoms with E-state index in [0.717, 1.165) is 18.4 Å². The van der Waals surface area contributed by atoms with Gasteiger partial charge in [-0.1, -0.05) is 11.6 Å². The van der Waals surface area contributed by atoms with Crippen LogP contribution >= 0.6 is 11.6 Å². The van der Waals surface area contributed by atoms with Crippen LogP contribution in [0.3, 0.4) is 0 Å². The molecule has 1 aromatic rings. The van der Waals surface area contributed by atoms with E-state index in [2.05, 4.69) is 4.18 Å². The standard InChI is InChI=1S/C10H11ClN2O7S/c1-21(17,18)20-3-2-19-8-5-6(10(12)14)4-7(9(8)11)13(15)16/h4-5H,2-3H2,1H3,(H2,12,14). The number of amides is 1. The lowest BCUT2D eigenvalue weighted by Crippen LogP contribution is -2.14. The lowest BCUT2D eigenvalue weighted by atomic mass is 10.2. The summed E-state index contributed by atoms with van der Waals surface area (Å²) in [6.45, 7) is -0.560. The minimum Gasteiger partial charge on any atom is -0.489 e. The molecule has 0 aliphatic heterocycles. The number of rotatable bonds is 7. The molecule has 0 heterocycles. The minimum atomic E-state index is -3.63. The van der Waals surface area contributed by atoms with Gasteiger partial charge in [0.2, 0.25) is 5.91 Å². The Morgan fingerprint density at radius 3 is 2.52 bits per heavy atom. The first-order valence-electron chi connectivity index (χ1n) is 5.36. The zero-order valence-corrected chi connectivity index (χ0v) is 12.3. The van der Waals surface area contributed by atoms with Crippen molar-refractivity contribution in [1.82, 2.24) is 0 Å². The Morgan fingerprint density at radius 1 is 1.43 bits per heavy atom. The van der Waals surface area contributed by atoms with E-state index in [1.54, 1.807) is 0 Å². The second kappa shape index (κ2) is 6.70. The molecule has 9 nitrogen and oxygen atoms in total. The average Bonchev–Trinajstić information content (AvgIpc) is 2.34. The van der Waals surface area contributed by atoms with Gasteiger partial charge in [-0.2, -0.15) is 8.42 Å². The van der Waals surface area contributed by atoms with E-state index in [4.69, 9.17) is 22.1 Å². The molecule has 0 bridgehead atoms. The zero-order chi connectivity index (χ0) is 16.2. The maximum absolute atomic E-state index is 11.1. The van der Waals surface area contributed by atoms with E-state index in [1.165, 1.54) is 0 Å². The number of carbonyl (C=O) groups excluding carboxylic acids is 1. The molecular weight excluding hydrogens is 328 g/mol. The number of primary amides is 1. The van der Waals surface area contributed by atoms with Gasteiger partial charge in [0, 0.05) is 11.6 Å². The number of benzene rings is 1. The van der Waals surface area contributed by atoms with Gasteiger partial charge >= 0.3 is 0 Å². The molecule has 0 spiro atoms. The molecular formula is C10H11ClN2O7S. The van der Waals surface area contributed by atoms with Gasteiger partial charge in [0.05, 0.1) is 11.2 Å². The van der Waals surface area contributed by atoms with Crippen molar-refractivity contribution in [2.24, 2.45) is 5.73 Å². The quantitative estimate of drug-likeness (QED) is 0.334. The normalized spacial score (nSPS) is 11.1. The monoisotopic (exact) mass is 338 g/mol. The third kappa shape index (κ3) is 5.17. The zero-order valence-electron chi connectivity index (χ0n) is 10.7. The number of ether oxygens (including phenoxy) is 1. The Kier molecular flexibility index (Phi) is 5.47. The van der Waals surface area contributed by atoms with Gasteiger partial charge in [0.1, 0.15) is 19.0 Å². The van der Waals surface area contributed by atoms with E-state index >= 15 is 0 Å². The molecule has 21 heavy (non-hydrogen) atoms. The average molecular weight is 339 g/mol. The minimum absolute atomic E-state index is 0.162. The molecule has 2 N–H and O–H groups in total. The summed E-state index contributed by atoms with van der Waals surface area (Å²) in [6, 6.07) is 2.04. The summed E-state index contributed by atoms with van der Waals surface area (Å²) >= 11 is 5.77. The number of nitrogens with zero attached hydrogens (tertiary/aromatic N) is 1.